The van der Waals surface area contributed by atoms with E-state index in [2.05, 4.69) is 12.2 Å². The van der Waals surface area contributed by atoms with Crippen molar-refractivity contribution in [2.24, 2.45) is 0 Å². The van der Waals surface area contributed by atoms with Gasteiger partial charge in [-0.2, -0.15) is 11.8 Å². The molecule has 1 rings (SSSR count). The number of nitrogens with two attached hydrogens (primary N) is 1. The fourth-order valence-electron chi connectivity index (χ4n) is 1.71. The summed E-state index contributed by atoms with van der Waals surface area (Å²) in [5.41, 5.74) is 6.92. The van der Waals surface area contributed by atoms with Gasteiger partial charge >= 0.3 is 0 Å². The summed E-state index contributed by atoms with van der Waals surface area (Å²) in [4.78, 5) is 12.1. The molecule has 1 unspecified atom stereocenters. The van der Waals surface area contributed by atoms with Crippen LogP contribution in [-0.4, -0.2) is 30.6 Å². The third-order valence-corrected chi connectivity index (χ3v) is 3.50. The van der Waals surface area contributed by atoms with Gasteiger partial charge in [-0.3, -0.25) is 4.79 Å². The van der Waals surface area contributed by atoms with Crippen LogP contribution in [-0.2, 0) is 0 Å². The molecule has 1 aromatic rings. The Kier molecular flexibility index (Phi) is 6.56. The molecular weight excluding hydrogens is 260 g/mol. The third-order valence-electron chi connectivity index (χ3n) is 2.77. The predicted octanol–water partition coefficient (Wildman–Crippen LogP) is 2.54. The Hall–Kier alpha value is -1.36. The lowest BCUT2D eigenvalue weighted by Crippen LogP contribution is -2.36. The van der Waals surface area contributed by atoms with Crippen molar-refractivity contribution < 1.29 is 9.53 Å². The van der Waals surface area contributed by atoms with E-state index in [1.165, 1.54) is 0 Å². The zero-order valence-electron chi connectivity index (χ0n) is 11.7. The molecule has 0 aliphatic heterocycles. The van der Waals surface area contributed by atoms with E-state index in [0.717, 1.165) is 12.2 Å². The minimum atomic E-state index is -0.0874. The van der Waals surface area contributed by atoms with Gasteiger partial charge in [-0.1, -0.05) is 6.92 Å². The first kappa shape index (κ1) is 15.7. The molecule has 4 nitrogen and oxygen atoms in total. The molecule has 5 heteroatoms. The number of rotatable bonds is 7. The summed E-state index contributed by atoms with van der Waals surface area (Å²) in [6.07, 6.45) is 2.95. The Balaban J connectivity index is 2.74. The van der Waals surface area contributed by atoms with Crippen molar-refractivity contribution in [2.75, 3.05) is 24.3 Å². The predicted molar refractivity (Wildman–Crippen MR) is 82.0 cm³/mol. The maximum atomic E-state index is 12.1. The van der Waals surface area contributed by atoms with Crippen LogP contribution < -0.4 is 15.8 Å². The number of amides is 1. The van der Waals surface area contributed by atoms with E-state index in [-0.39, 0.29) is 11.9 Å². The molecule has 0 spiro atoms. The Bertz CT molecular complexity index is 424. The lowest BCUT2D eigenvalue weighted by atomic mass is 10.1. The van der Waals surface area contributed by atoms with Crippen LogP contribution in [0.2, 0.25) is 0 Å². The van der Waals surface area contributed by atoms with E-state index in [9.17, 15) is 4.79 Å². The van der Waals surface area contributed by atoms with E-state index in [1.807, 2.05) is 13.2 Å². The summed E-state index contributed by atoms with van der Waals surface area (Å²) in [6.45, 7) is 4.52. The summed E-state index contributed by atoms with van der Waals surface area (Å²) >= 11 is 1.72. The quantitative estimate of drug-likeness (QED) is 0.754. The smallest absolute Gasteiger partial charge is 0.251 e. The van der Waals surface area contributed by atoms with Crippen LogP contribution in [0, 0.1) is 0 Å². The molecule has 106 valence electrons. The van der Waals surface area contributed by atoms with Crippen molar-refractivity contribution in [1.29, 1.82) is 0 Å². The number of ether oxygens (including phenoxy) is 1. The molecule has 1 aromatic carbocycles. The zero-order valence-corrected chi connectivity index (χ0v) is 12.5. The molecular formula is C14H22N2O2S. The molecule has 19 heavy (non-hydrogen) atoms. The van der Waals surface area contributed by atoms with E-state index >= 15 is 0 Å². The summed E-state index contributed by atoms with van der Waals surface area (Å²) in [5.74, 6) is 1.44. The van der Waals surface area contributed by atoms with Crippen molar-refractivity contribution in [3.63, 3.8) is 0 Å². The fraction of sp³-hybridized carbons (Fsp3) is 0.500. The Morgan fingerprint density at radius 3 is 2.74 bits per heavy atom. The first-order valence-electron chi connectivity index (χ1n) is 6.44. The summed E-state index contributed by atoms with van der Waals surface area (Å²) < 4.78 is 5.35. The number of hydrogen-bond donors (Lipinski definition) is 2. The van der Waals surface area contributed by atoms with Crippen LogP contribution in [0.25, 0.3) is 0 Å². The largest absolute Gasteiger partial charge is 0.492 e. The van der Waals surface area contributed by atoms with Gasteiger partial charge < -0.3 is 15.8 Å². The molecule has 0 bridgehead atoms. The maximum absolute atomic E-state index is 12.1. The number of nitrogen functional groups attached to an aromatic ring is 1. The van der Waals surface area contributed by atoms with Crippen molar-refractivity contribution in [3.8, 4) is 5.75 Å². The topological polar surface area (TPSA) is 64.3 Å². The lowest BCUT2D eigenvalue weighted by molar-refractivity contribution is 0.0940. The van der Waals surface area contributed by atoms with Crippen molar-refractivity contribution in [1.82, 2.24) is 5.32 Å². The van der Waals surface area contributed by atoms with Crippen LogP contribution in [0.5, 0.6) is 5.75 Å². The molecule has 0 radical (unpaired) electrons. The highest BCUT2D eigenvalue weighted by atomic mass is 32.2. The average molecular weight is 282 g/mol. The minimum Gasteiger partial charge on any atom is -0.492 e. The zero-order chi connectivity index (χ0) is 14.3. The third kappa shape index (κ3) is 4.67. The Morgan fingerprint density at radius 1 is 1.47 bits per heavy atom. The van der Waals surface area contributed by atoms with Gasteiger partial charge in [0.15, 0.2) is 0 Å². The molecule has 0 aliphatic carbocycles. The molecule has 0 fully saturated rings. The second-order valence-corrected chi connectivity index (χ2v) is 5.13. The highest BCUT2D eigenvalue weighted by Crippen LogP contribution is 2.22. The van der Waals surface area contributed by atoms with Crippen molar-refractivity contribution in [2.45, 2.75) is 26.3 Å². The molecule has 1 atom stereocenters. The molecule has 0 saturated heterocycles. The molecule has 3 N–H and O–H groups in total. The van der Waals surface area contributed by atoms with Gasteiger partial charge in [0.05, 0.1) is 12.3 Å². The summed E-state index contributed by atoms with van der Waals surface area (Å²) in [6, 6.07) is 5.33. The normalized spacial score (nSPS) is 11.9. The van der Waals surface area contributed by atoms with Gasteiger partial charge in [-0.15, -0.1) is 0 Å². The first-order valence-corrected chi connectivity index (χ1v) is 7.83. The molecule has 0 aromatic heterocycles. The maximum Gasteiger partial charge on any atom is 0.251 e. The number of hydrogen-bond acceptors (Lipinski definition) is 4. The summed E-state index contributed by atoms with van der Waals surface area (Å²) in [7, 11) is 0. The number of thioether (sulfide) groups is 1. The van der Waals surface area contributed by atoms with Crippen LogP contribution in [0.4, 0.5) is 5.69 Å². The Labute approximate surface area is 119 Å². The average Bonchev–Trinajstić information content (AvgIpc) is 2.40. The Morgan fingerprint density at radius 2 is 2.21 bits per heavy atom. The van der Waals surface area contributed by atoms with Crippen LogP contribution in [0.1, 0.15) is 30.6 Å². The van der Waals surface area contributed by atoms with E-state index in [0.29, 0.717) is 23.6 Å². The monoisotopic (exact) mass is 282 g/mol. The van der Waals surface area contributed by atoms with Crippen LogP contribution in [0.3, 0.4) is 0 Å². The fourth-order valence-corrected chi connectivity index (χ4v) is 2.43. The molecule has 0 saturated carbocycles. The molecule has 0 heterocycles. The molecule has 0 aliphatic rings. The summed E-state index contributed by atoms with van der Waals surface area (Å²) in [5, 5.41) is 3.01. The minimum absolute atomic E-state index is 0.0874. The molecule has 1 amide bonds. The highest BCUT2D eigenvalue weighted by molar-refractivity contribution is 7.98. The van der Waals surface area contributed by atoms with E-state index in [1.54, 1.807) is 30.0 Å². The number of anilines is 1. The van der Waals surface area contributed by atoms with Crippen LogP contribution >= 0.6 is 11.8 Å². The van der Waals surface area contributed by atoms with Gasteiger partial charge in [-0.05, 0) is 37.8 Å². The first-order chi connectivity index (χ1) is 9.12. The van der Waals surface area contributed by atoms with Crippen molar-refractivity contribution >= 4 is 23.4 Å². The standard InChI is InChI=1S/C14H22N2O2S/c1-4-11(9-19-3)16-14(17)10-6-7-13(18-5-2)12(15)8-10/h6-8,11H,4-5,9,15H2,1-3H3,(H,16,17). The number of benzene rings is 1. The highest BCUT2D eigenvalue weighted by Gasteiger charge is 2.13. The lowest BCUT2D eigenvalue weighted by Gasteiger charge is -2.16. The second kappa shape index (κ2) is 7.94. The van der Waals surface area contributed by atoms with E-state index in [4.69, 9.17) is 10.5 Å². The SMILES string of the molecule is CCOc1ccc(C(=O)NC(CC)CSC)cc1N. The van der Waals surface area contributed by atoms with Gasteiger partial charge in [-0.25, -0.2) is 0 Å². The van der Waals surface area contributed by atoms with Gasteiger partial charge in [0, 0.05) is 17.4 Å². The number of carbonyl (C=O) groups excluding carboxylic acids is 1. The second-order valence-electron chi connectivity index (χ2n) is 4.22. The van der Waals surface area contributed by atoms with E-state index < -0.39 is 0 Å². The number of nitrogens with one attached hydrogen (secondary N) is 1. The van der Waals surface area contributed by atoms with Gasteiger partial charge in [0.2, 0.25) is 0 Å². The van der Waals surface area contributed by atoms with Gasteiger partial charge in [0.25, 0.3) is 5.91 Å². The van der Waals surface area contributed by atoms with Crippen LogP contribution in [0.15, 0.2) is 18.2 Å². The number of carbonyl (C=O) groups is 1. The van der Waals surface area contributed by atoms with Crippen molar-refractivity contribution in [3.05, 3.63) is 23.8 Å². The van der Waals surface area contributed by atoms with Gasteiger partial charge in [0.1, 0.15) is 5.75 Å².